The van der Waals surface area contributed by atoms with Gasteiger partial charge in [-0.05, 0) is 37.1 Å². The molecule has 1 nitrogen and oxygen atoms in total. The van der Waals surface area contributed by atoms with E-state index in [4.69, 9.17) is 5.73 Å². The topological polar surface area (TPSA) is 26.0 Å². The van der Waals surface area contributed by atoms with E-state index in [2.05, 4.69) is 6.58 Å². The van der Waals surface area contributed by atoms with Crippen LogP contribution in [-0.2, 0) is 12.4 Å². The van der Waals surface area contributed by atoms with E-state index >= 15 is 0 Å². The van der Waals surface area contributed by atoms with Crippen molar-refractivity contribution in [1.82, 2.24) is 0 Å². The molecule has 120 valence electrons. The molecule has 1 atom stereocenters. The van der Waals surface area contributed by atoms with Crippen LogP contribution in [-0.4, -0.2) is 0 Å². The number of alkyl halides is 6. The maximum atomic E-state index is 12.8. The number of halogens is 7. The van der Waals surface area contributed by atoms with E-state index in [-0.39, 0.29) is 18.8 Å². The number of rotatable bonds is 3. The van der Waals surface area contributed by atoms with Crippen molar-refractivity contribution in [1.29, 1.82) is 0 Å². The molecular weight excluding hydrogens is 320 g/mol. The lowest BCUT2D eigenvalue weighted by Gasteiger charge is -2.20. The highest BCUT2D eigenvalue weighted by Crippen LogP contribution is 2.39. The molecule has 1 aromatic rings. The lowest BCUT2D eigenvalue weighted by molar-refractivity contribution is -0.142. The van der Waals surface area contributed by atoms with Gasteiger partial charge in [-0.3, -0.25) is 0 Å². The predicted molar refractivity (Wildman–Crippen MR) is 70.1 cm³/mol. The Morgan fingerprint density at radius 3 is 2.05 bits per heavy atom. The van der Waals surface area contributed by atoms with Crippen LogP contribution in [0, 0.1) is 0 Å². The summed E-state index contributed by atoms with van der Waals surface area (Å²) in [6.45, 7) is 5.04. The van der Waals surface area contributed by atoms with Gasteiger partial charge in [-0.15, -0.1) is 19.0 Å². The highest BCUT2D eigenvalue weighted by atomic mass is 35.5. The van der Waals surface area contributed by atoms with Gasteiger partial charge in [-0.25, -0.2) is 0 Å². The minimum atomic E-state index is -4.76. The molecule has 1 aromatic carbocycles. The second-order valence-electron chi connectivity index (χ2n) is 4.57. The summed E-state index contributed by atoms with van der Waals surface area (Å²) in [5.74, 6) is 0. The van der Waals surface area contributed by atoms with Crippen LogP contribution >= 0.6 is 12.4 Å². The summed E-state index contributed by atoms with van der Waals surface area (Å²) in [7, 11) is 0. The van der Waals surface area contributed by atoms with Crippen molar-refractivity contribution >= 4 is 12.4 Å². The first-order chi connectivity index (χ1) is 8.93. The molecule has 0 aliphatic carbocycles. The fourth-order valence-corrected chi connectivity index (χ4v) is 1.79. The second kappa shape index (κ2) is 6.70. The fourth-order valence-electron chi connectivity index (χ4n) is 1.79. The van der Waals surface area contributed by atoms with Crippen LogP contribution in [0.2, 0.25) is 0 Å². The molecule has 0 aliphatic rings. The van der Waals surface area contributed by atoms with Gasteiger partial charge in [0.15, 0.2) is 0 Å². The van der Waals surface area contributed by atoms with E-state index in [1.54, 1.807) is 6.92 Å². The van der Waals surface area contributed by atoms with Crippen molar-refractivity contribution in [2.24, 2.45) is 5.73 Å². The van der Waals surface area contributed by atoms with Crippen molar-refractivity contribution in [3.8, 4) is 0 Å². The van der Waals surface area contributed by atoms with Gasteiger partial charge in [0.1, 0.15) is 0 Å². The smallest absolute Gasteiger partial charge is 0.324 e. The molecule has 0 bridgehead atoms. The average Bonchev–Trinajstić information content (AvgIpc) is 2.24. The van der Waals surface area contributed by atoms with Crippen LogP contribution in [0.1, 0.15) is 36.1 Å². The van der Waals surface area contributed by atoms with Gasteiger partial charge >= 0.3 is 12.4 Å². The first-order valence-electron chi connectivity index (χ1n) is 5.61. The average molecular weight is 334 g/mol. The molecule has 21 heavy (non-hydrogen) atoms. The summed E-state index contributed by atoms with van der Waals surface area (Å²) in [5.41, 5.74) is 3.18. The molecule has 0 unspecified atom stereocenters. The minimum absolute atomic E-state index is 0. The molecule has 2 N–H and O–H groups in total. The van der Waals surface area contributed by atoms with E-state index in [0.29, 0.717) is 23.8 Å². The summed E-state index contributed by atoms with van der Waals surface area (Å²) in [4.78, 5) is 0. The fraction of sp³-hybridized carbons (Fsp3) is 0.385. The van der Waals surface area contributed by atoms with E-state index in [1.165, 1.54) is 0 Å². The molecule has 1 rings (SSSR count). The first-order valence-corrected chi connectivity index (χ1v) is 5.61. The van der Waals surface area contributed by atoms with Gasteiger partial charge < -0.3 is 5.73 Å². The van der Waals surface area contributed by atoms with E-state index in [1.807, 2.05) is 0 Å². The zero-order valence-electron chi connectivity index (χ0n) is 11.0. The third-order valence-electron chi connectivity index (χ3n) is 2.65. The lowest BCUT2D eigenvalue weighted by atomic mass is 9.94. The Kier molecular flexibility index (Phi) is 6.31. The minimum Gasteiger partial charge on any atom is -0.324 e. The van der Waals surface area contributed by atoms with Gasteiger partial charge in [0, 0.05) is 6.04 Å². The van der Waals surface area contributed by atoms with Crippen molar-refractivity contribution in [3.63, 3.8) is 0 Å². The summed E-state index contributed by atoms with van der Waals surface area (Å²) in [5, 5.41) is 0. The zero-order chi connectivity index (χ0) is 15.7. The van der Waals surface area contributed by atoms with Gasteiger partial charge in [-0.1, -0.05) is 5.57 Å². The Labute approximate surface area is 124 Å². The summed E-state index contributed by atoms with van der Waals surface area (Å²) >= 11 is 0. The molecule has 0 aromatic heterocycles. The zero-order valence-corrected chi connectivity index (χ0v) is 11.8. The SMILES string of the molecule is C=C(C)C[C@H](N)c1cc(C(F)(F)F)ccc1C(F)(F)F.Cl. The maximum Gasteiger partial charge on any atom is 0.416 e. The summed E-state index contributed by atoms with van der Waals surface area (Å²) in [6.07, 6.45) is -9.50. The van der Waals surface area contributed by atoms with Crippen LogP contribution < -0.4 is 5.73 Å². The number of hydrogen-bond acceptors (Lipinski definition) is 1. The Hall–Kier alpha value is -1.21. The number of benzene rings is 1. The molecule has 8 heteroatoms. The monoisotopic (exact) mass is 333 g/mol. The highest BCUT2D eigenvalue weighted by molar-refractivity contribution is 5.85. The molecule has 0 amide bonds. The van der Waals surface area contributed by atoms with E-state index < -0.39 is 35.1 Å². The van der Waals surface area contributed by atoms with Crippen molar-refractivity contribution in [2.45, 2.75) is 31.7 Å². The standard InChI is InChI=1S/C13H13F6N.ClH/c1-7(2)5-11(20)9-6-8(12(14,15)16)3-4-10(9)13(17,18)19;/h3-4,6,11H,1,5,20H2,2H3;1H/t11-;/m0./s1. The largest absolute Gasteiger partial charge is 0.416 e. The van der Waals surface area contributed by atoms with Crippen molar-refractivity contribution < 1.29 is 26.3 Å². The van der Waals surface area contributed by atoms with Crippen molar-refractivity contribution in [2.75, 3.05) is 0 Å². The van der Waals surface area contributed by atoms with Gasteiger partial charge in [0.25, 0.3) is 0 Å². The molecule has 0 spiro atoms. The summed E-state index contributed by atoms with van der Waals surface area (Å²) in [6, 6.07) is 0.0820. The normalized spacial score (nSPS) is 13.5. The molecule has 0 radical (unpaired) electrons. The molecular formula is C13H14ClF6N. The molecule has 0 aliphatic heterocycles. The van der Waals surface area contributed by atoms with Gasteiger partial charge in [0.05, 0.1) is 11.1 Å². The predicted octanol–water partition coefficient (Wildman–Crippen LogP) is 5.11. The van der Waals surface area contributed by atoms with Crippen LogP contribution in [0.15, 0.2) is 30.4 Å². The van der Waals surface area contributed by atoms with E-state index in [0.717, 1.165) is 0 Å². The van der Waals surface area contributed by atoms with Gasteiger partial charge in [0.2, 0.25) is 0 Å². The third kappa shape index (κ3) is 5.24. The Bertz CT molecular complexity index is 506. The second-order valence-corrected chi connectivity index (χ2v) is 4.57. The van der Waals surface area contributed by atoms with Crippen LogP contribution in [0.4, 0.5) is 26.3 Å². The lowest BCUT2D eigenvalue weighted by Crippen LogP contribution is -2.19. The Morgan fingerprint density at radius 2 is 1.67 bits per heavy atom. The van der Waals surface area contributed by atoms with Crippen LogP contribution in [0.3, 0.4) is 0 Å². The highest BCUT2D eigenvalue weighted by Gasteiger charge is 2.38. The third-order valence-corrected chi connectivity index (χ3v) is 2.65. The number of nitrogens with two attached hydrogens (primary N) is 1. The van der Waals surface area contributed by atoms with E-state index in [9.17, 15) is 26.3 Å². The Balaban J connectivity index is 0.00000400. The number of hydrogen-bond donors (Lipinski definition) is 1. The molecule has 0 heterocycles. The van der Waals surface area contributed by atoms with Crippen molar-refractivity contribution in [3.05, 3.63) is 47.0 Å². The quantitative estimate of drug-likeness (QED) is 0.603. The summed E-state index contributed by atoms with van der Waals surface area (Å²) < 4.78 is 76.2. The Morgan fingerprint density at radius 1 is 1.14 bits per heavy atom. The molecule has 0 fully saturated rings. The first kappa shape index (κ1) is 19.8. The maximum absolute atomic E-state index is 12.8. The molecule has 0 saturated heterocycles. The van der Waals surface area contributed by atoms with Gasteiger partial charge in [-0.2, -0.15) is 26.3 Å². The van der Waals surface area contributed by atoms with Crippen LogP contribution in [0.25, 0.3) is 0 Å². The molecule has 0 saturated carbocycles. The van der Waals surface area contributed by atoms with Crippen LogP contribution in [0.5, 0.6) is 0 Å².